The van der Waals surface area contributed by atoms with Gasteiger partial charge in [-0.05, 0) is 32.4 Å². The Morgan fingerprint density at radius 3 is 2.68 bits per heavy atom. The fourth-order valence-corrected chi connectivity index (χ4v) is 3.73. The summed E-state index contributed by atoms with van der Waals surface area (Å²) in [5.74, 6) is 0. The Morgan fingerprint density at radius 1 is 1.47 bits per heavy atom. The van der Waals surface area contributed by atoms with Gasteiger partial charge in [0.15, 0.2) is 0 Å². The summed E-state index contributed by atoms with van der Waals surface area (Å²) in [6, 6.07) is 1.99. The van der Waals surface area contributed by atoms with Crippen LogP contribution in [0.15, 0.2) is 17.2 Å². The summed E-state index contributed by atoms with van der Waals surface area (Å²) in [4.78, 5) is 0.417. The van der Waals surface area contributed by atoms with Crippen LogP contribution in [-0.4, -0.2) is 37.4 Å². The lowest BCUT2D eigenvalue weighted by Crippen LogP contribution is -2.28. The van der Waals surface area contributed by atoms with E-state index in [1.165, 1.54) is 4.31 Å². The molecule has 1 heterocycles. The number of rotatable bonds is 7. The standard InChI is InChI=1S/C13H23N3O2S/c1-4-7-16-10-13(8-12(16)9-14-2)19(17,18)15(3)11-5-6-11/h8,10-11,14H,4-7,9H2,1-3H3. The second kappa shape index (κ2) is 5.64. The molecule has 0 radical (unpaired) electrons. The molecule has 0 aliphatic heterocycles. The first kappa shape index (κ1) is 14.6. The summed E-state index contributed by atoms with van der Waals surface area (Å²) in [6.45, 7) is 3.62. The van der Waals surface area contributed by atoms with Gasteiger partial charge in [-0.25, -0.2) is 8.42 Å². The molecule has 1 aromatic rings. The molecule has 2 rings (SSSR count). The largest absolute Gasteiger partial charge is 0.349 e. The van der Waals surface area contributed by atoms with Crippen molar-refractivity contribution in [1.82, 2.24) is 14.2 Å². The van der Waals surface area contributed by atoms with E-state index in [0.717, 1.165) is 31.5 Å². The molecule has 1 fully saturated rings. The van der Waals surface area contributed by atoms with Crippen molar-refractivity contribution in [1.29, 1.82) is 0 Å². The fraction of sp³-hybridized carbons (Fsp3) is 0.692. The smallest absolute Gasteiger partial charge is 0.244 e. The number of hydrogen-bond donors (Lipinski definition) is 1. The van der Waals surface area contributed by atoms with Crippen LogP contribution >= 0.6 is 0 Å². The van der Waals surface area contributed by atoms with E-state index in [1.807, 2.05) is 11.6 Å². The SMILES string of the molecule is CCCn1cc(S(=O)(=O)N(C)C2CC2)cc1CNC. The molecule has 6 heteroatoms. The lowest BCUT2D eigenvalue weighted by molar-refractivity contribution is 0.464. The van der Waals surface area contributed by atoms with Crippen molar-refractivity contribution in [3.05, 3.63) is 18.0 Å². The Balaban J connectivity index is 2.30. The molecule has 0 bridgehead atoms. The Labute approximate surface area is 115 Å². The molecule has 108 valence electrons. The third-order valence-electron chi connectivity index (χ3n) is 3.52. The molecule has 0 saturated heterocycles. The van der Waals surface area contributed by atoms with Gasteiger partial charge in [0.1, 0.15) is 4.90 Å². The van der Waals surface area contributed by atoms with Crippen LogP contribution in [0.3, 0.4) is 0 Å². The van der Waals surface area contributed by atoms with Gasteiger partial charge in [0.2, 0.25) is 10.0 Å². The van der Waals surface area contributed by atoms with E-state index in [4.69, 9.17) is 0 Å². The lowest BCUT2D eigenvalue weighted by Gasteiger charge is -2.14. The number of aromatic nitrogens is 1. The normalized spacial score (nSPS) is 16.2. The molecular weight excluding hydrogens is 262 g/mol. The molecule has 1 N–H and O–H groups in total. The van der Waals surface area contributed by atoms with Crippen molar-refractivity contribution in [2.45, 2.75) is 50.2 Å². The van der Waals surface area contributed by atoms with Gasteiger partial charge in [0, 0.05) is 38.1 Å². The van der Waals surface area contributed by atoms with Crippen LogP contribution in [0.25, 0.3) is 0 Å². The third kappa shape index (κ3) is 3.01. The van der Waals surface area contributed by atoms with Gasteiger partial charge < -0.3 is 9.88 Å². The fourth-order valence-electron chi connectivity index (χ4n) is 2.25. The Bertz CT molecular complexity index is 509. The van der Waals surface area contributed by atoms with Crippen LogP contribution in [0.2, 0.25) is 0 Å². The molecule has 1 aliphatic rings. The monoisotopic (exact) mass is 285 g/mol. The number of hydrogen-bond acceptors (Lipinski definition) is 3. The molecule has 19 heavy (non-hydrogen) atoms. The van der Waals surface area contributed by atoms with Crippen LogP contribution in [0.4, 0.5) is 0 Å². The summed E-state index contributed by atoms with van der Waals surface area (Å²) in [6.07, 6.45) is 4.72. The molecule has 1 aliphatic carbocycles. The van der Waals surface area contributed by atoms with E-state index in [1.54, 1.807) is 19.3 Å². The van der Waals surface area contributed by atoms with Gasteiger partial charge in [-0.2, -0.15) is 4.31 Å². The first-order valence-electron chi connectivity index (χ1n) is 6.82. The van der Waals surface area contributed by atoms with Crippen molar-refractivity contribution in [3.63, 3.8) is 0 Å². The number of aryl methyl sites for hydroxylation is 1. The number of sulfonamides is 1. The van der Waals surface area contributed by atoms with Crippen molar-refractivity contribution in [3.8, 4) is 0 Å². The highest BCUT2D eigenvalue weighted by Crippen LogP contribution is 2.31. The predicted molar refractivity (Wildman–Crippen MR) is 75.5 cm³/mol. The van der Waals surface area contributed by atoms with Crippen molar-refractivity contribution in [2.24, 2.45) is 0 Å². The van der Waals surface area contributed by atoms with Gasteiger partial charge in [-0.3, -0.25) is 0 Å². The van der Waals surface area contributed by atoms with Crippen molar-refractivity contribution < 1.29 is 8.42 Å². The Morgan fingerprint density at radius 2 is 2.16 bits per heavy atom. The second-order valence-electron chi connectivity index (χ2n) is 5.14. The molecule has 0 unspecified atom stereocenters. The minimum Gasteiger partial charge on any atom is -0.349 e. The molecule has 5 nitrogen and oxygen atoms in total. The van der Waals surface area contributed by atoms with E-state index < -0.39 is 10.0 Å². The van der Waals surface area contributed by atoms with Crippen LogP contribution in [0, 0.1) is 0 Å². The van der Waals surface area contributed by atoms with E-state index in [9.17, 15) is 8.42 Å². The third-order valence-corrected chi connectivity index (χ3v) is 5.40. The summed E-state index contributed by atoms with van der Waals surface area (Å²) < 4.78 is 28.5. The van der Waals surface area contributed by atoms with E-state index >= 15 is 0 Å². The zero-order valence-corrected chi connectivity index (χ0v) is 12.7. The van der Waals surface area contributed by atoms with Gasteiger partial charge >= 0.3 is 0 Å². The highest BCUT2D eigenvalue weighted by molar-refractivity contribution is 7.89. The second-order valence-corrected chi connectivity index (χ2v) is 7.14. The maximum Gasteiger partial charge on any atom is 0.244 e. The average Bonchev–Trinajstić information content (AvgIpc) is 3.13. The van der Waals surface area contributed by atoms with Crippen LogP contribution in [-0.2, 0) is 23.1 Å². The molecule has 1 aromatic heterocycles. The minimum absolute atomic E-state index is 0.201. The van der Waals surface area contributed by atoms with E-state index in [-0.39, 0.29) is 6.04 Å². The summed E-state index contributed by atoms with van der Waals surface area (Å²) >= 11 is 0. The van der Waals surface area contributed by atoms with Crippen molar-refractivity contribution in [2.75, 3.05) is 14.1 Å². The molecule has 0 spiro atoms. The molecule has 0 amide bonds. The topological polar surface area (TPSA) is 54.3 Å². The molecule has 0 atom stereocenters. The van der Waals surface area contributed by atoms with Crippen LogP contribution < -0.4 is 5.32 Å². The minimum atomic E-state index is -3.33. The highest BCUT2D eigenvalue weighted by Gasteiger charge is 2.35. The molecule has 1 saturated carbocycles. The highest BCUT2D eigenvalue weighted by atomic mass is 32.2. The van der Waals surface area contributed by atoms with Gasteiger partial charge in [0.05, 0.1) is 0 Å². The number of nitrogens with zero attached hydrogens (tertiary/aromatic N) is 2. The van der Waals surface area contributed by atoms with E-state index in [0.29, 0.717) is 11.4 Å². The van der Waals surface area contributed by atoms with Crippen LogP contribution in [0.5, 0.6) is 0 Å². The predicted octanol–water partition coefficient (Wildman–Crippen LogP) is 1.40. The zero-order valence-electron chi connectivity index (χ0n) is 11.9. The quantitative estimate of drug-likeness (QED) is 0.824. The van der Waals surface area contributed by atoms with Crippen LogP contribution in [0.1, 0.15) is 31.9 Å². The van der Waals surface area contributed by atoms with Gasteiger partial charge in [0.25, 0.3) is 0 Å². The summed E-state index contributed by atoms with van der Waals surface area (Å²) in [7, 11) is 0.222. The first-order chi connectivity index (χ1) is 9.00. The van der Waals surface area contributed by atoms with E-state index in [2.05, 4.69) is 12.2 Å². The van der Waals surface area contributed by atoms with Crippen molar-refractivity contribution >= 4 is 10.0 Å². The zero-order chi connectivity index (χ0) is 14.0. The Hall–Kier alpha value is -0.850. The van der Waals surface area contributed by atoms with Gasteiger partial charge in [-0.1, -0.05) is 6.92 Å². The molecular formula is C13H23N3O2S. The first-order valence-corrected chi connectivity index (χ1v) is 8.26. The average molecular weight is 285 g/mol. The van der Waals surface area contributed by atoms with Gasteiger partial charge in [-0.15, -0.1) is 0 Å². The lowest BCUT2D eigenvalue weighted by atomic mass is 10.4. The maximum absolute atomic E-state index is 12.5. The Kier molecular flexibility index (Phi) is 4.32. The number of nitrogens with one attached hydrogen (secondary N) is 1. The molecule has 0 aromatic carbocycles. The summed E-state index contributed by atoms with van der Waals surface area (Å²) in [5, 5.41) is 3.08. The maximum atomic E-state index is 12.5. The summed E-state index contributed by atoms with van der Waals surface area (Å²) in [5.41, 5.74) is 1.02.